The van der Waals surface area contributed by atoms with Crippen LogP contribution in [-0.4, -0.2) is 26.6 Å². The van der Waals surface area contributed by atoms with Gasteiger partial charge >= 0.3 is 0 Å². The van der Waals surface area contributed by atoms with E-state index in [1.54, 1.807) is 0 Å². The van der Waals surface area contributed by atoms with Crippen molar-refractivity contribution in [3.8, 4) is 0 Å². The highest BCUT2D eigenvalue weighted by atomic mass is 28.4. The zero-order valence-corrected chi connectivity index (χ0v) is 13.8. The monoisotopic (exact) mass is 270 g/mol. The number of rotatable bonds is 8. The average molecular weight is 270 g/mol. The van der Waals surface area contributed by atoms with Gasteiger partial charge in [-0.2, -0.15) is 0 Å². The summed E-state index contributed by atoms with van der Waals surface area (Å²) in [5.41, 5.74) is 1.10. The molecule has 2 nitrogen and oxygen atoms in total. The van der Waals surface area contributed by atoms with Crippen LogP contribution in [0.5, 0.6) is 0 Å². The second-order valence-corrected chi connectivity index (χ2v) is 11.1. The van der Waals surface area contributed by atoms with Crippen molar-refractivity contribution < 1.29 is 9.53 Å². The van der Waals surface area contributed by atoms with Crippen LogP contribution in [0.15, 0.2) is 24.3 Å². The van der Waals surface area contributed by atoms with Crippen molar-refractivity contribution in [1.29, 1.82) is 0 Å². The molecule has 0 radical (unpaired) electrons. The van der Waals surface area contributed by atoms with Crippen molar-refractivity contribution in [2.24, 2.45) is 0 Å². The van der Waals surface area contributed by atoms with Gasteiger partial charge in [0.15, 0.2) is 8.32 Å². The number of hydrogen-bond donors (Lipinski definition) is 1. The summed E-state index contributed by atoms with van der Waals surface area (Å²) in [6.07, 6.45) is 6.75. The van der Waals surface area contributed by atoms with Gasteiger partial charge in [0, 0.05) is 13.2 Å². The molecule has 0 rings (SSSR count). The molecule has 0 atom stereocenters. The Balaban J connectivity index is 3.91. The maximum Gasteiger partial charge on any atom is 0.191 e. The normalized spacial score (nSPS) is 13.2. The van der Waals surface area contributed by atoms with Crippen molar-refractivity contribution in [3.05, 3.63) is 24.3 Å². The minimum absolute atomic E-state index is 0.255. The van der Waals surface area contributed by atoms with E-state index in [0.717, 1.165) is 31.4 Å². The lowest BCUT2D eigenvalue weighted by Gasteiger charge is -2.36. The van der Waals surface area contributed by atoms with E-state index in [1.807, 2.05) is 6.08 Å². The molecular formula is C15H30O2Si. The van der Waals surface area contributed by atoms with E-state index in [4.69, 9.17) is 9.53 Å². The molecule has 1 N–H and O–H groups in total. The lowest BCUT2D eigenvalue weighted by Crippen LogP contribution is -2.40. The zero-order valence-electron chi connectivity index (χ0n) is 12.8. The summed E-state index contributed by atoms with van der Waals surface area (Å²) in [6, 6.07) is 0. The molecule has 0 saturated carbocycles. The summed E-state index contributed by atoms with van der Waals surface area (Å²) in [7, 11) is -1.61. The van der Waals surface area contributed by atoms with E-state index in [1.165, 1.54) is 0 Å². The second kappa shape index (κ2) is 7.92. The van der Waals surface area contributed by atoms with Crippen molar-refractivity contribution >= 4 is 8.32 Å². The molecule has 0 heterocycles. The van der Waals surface area contributed by atoms with E-state index in [0.29, 0.717) is 0 Å². The van der Waals surface area contributed by atoms with E-state index in [2.05, 4.69) is 46.5 Å². The highest BCUT2D eigenvalue weighted by molar-refractivity contribution is 6.74. The molecule has 0 bridgehead atoms. The molecule has 106 valence electrons. The van der Waals surface area contributed by atoms with Crippen LogP contribution in [0.2, 0.25) is 18.1 Å². The summed E-state index contributed by atoms with van der Waals surface area (Å²) in [6.45, 7) is 16.3. The Morgan fingerprint density at radius 3 is 2.44 bits per heavy atom. The molecule has 0 aliphatic rings. The fourth-order valence-corrected chi connectivity index (χ4v) is 2.24. The van der Waals surface area contributed by atoms with Gasteiger partial charge in [-0.25, -0.2) is 0 Å². The fourth-order valence-electron chi connectivity index (χ4n) is 1.20. The predicted octanol–water partition coefficient (Wildman–Crippen LogP) is 4.28. The minimum Gasteiger partial charge on any atom is -0.416 e. The highest BCUT2D eigenvalue weighted by Gasteiger charge is 2.36. The number of hydrogen-bond acceptors (Lipinski definition) is 2. The summed E-state index contributed by atoms with van der Waals surface area (Å²) in [5.74, 6) is 0. The van der Waals surface area contributed by atoms with Gasteiger partial charge in [-0.15, -0.1) is 0 Å². The fraction of sp³-hybridized carbons (Fsp3) is 0.733. The van der Waals surface area contributed by atoms with Gasteiger partial charge in [0.2, 0.25) is 0 Å². The molecular weight excluding hydrogens is 240 g/mol. The summed E-state index contributed by atoms with van der Waals surface area (Å²) < 4.78 is 6.10. The van der Waals surface area contributed by atoms with Crippen LogP contribution in [0.1, 0.15) is 40.0 Å². The first-order chi connectivity index (χ1) is 8.20. The Kier molecular flexibility index (Phi) is 7.75. The van der Waals surface area contributed by atoms with Crippen molar-refractivity contribution in [2.75, 3.05) is 13.2 Å². The van der Waals surface area contributed by atoms with E-state index >= 15 is 0 Å². The van der Waals surface area contributed by atoms with Gasteiger partial charge in [-0.3, -0.25) is 0 Å². The topological polar surface area (TPSA) is 29.5 Å². The first-order valence-corrected chi connectivity index (χ1v) is 9.70. The SMILES string of the molecule is C=C(/C=C\CCCO)CCO[Si](C)(C)C(C)(C)C. The van der Waals surface area contributed by atoms with Crippen LogP contribution in [0.4, 0.5) is 0 Å². The average Bonchev–Trinajstić information content (AvgIpc) is 2.22. The van der Waals surface area contributed by atoms with Gasteiger partial charge in [-0.1, -0.05) is 45.1 Å². The summed E-state index contributed by atoms with van der Waals surface area (Å²) >= 11 is 0. The largest absolute Gasteiger partial charge is 0.416 e. The van der Waals surface area contributed by atoms with Crippen LogP contribution in [-0.2, 0) is 4.43 Å². The van der Waals surface area contributed by atoms with Crippen LogP contribution in [0.3, 0.4) is 0 Å². The third kappa shape index (κ3) is 7.14. The Hall–Kier alpha value is -0.383. The maximum absolute atomic E-state index is 8.67. The van der Waals surface area contributed by atoms with Crippen LogP contribution in [0.25, 0.3) is 0 Å². The third-order valence-electron chi connectivity index (χ3n) is 3.57. The maximum atomic E-state index is 8.67. The number of aliphatic hydroxyl groups excluding tert-OH is 1. The van der Waals surface area contributed by atoms with Crippen LogP contribution < -0.4 is 0 Å². The van der Waals surface area contributed by atoms with Gasteiger partial charge < -0.3 is 9.53 Å². The second-order valence-electron chi connectivity index (χ2n) is 6.29. The van der Waals surface area contributed by atoms with Crippen molar-refractivity contribution in [1.82, 2.24) is 0 Å². The van der Waals surface area contributed by atoms with Crippen molar-refractivity contribution in [3.63, 3.8) is 0 Å². The summed E-state index contributed by atoms with van der Waals surface area (Å²) in [4.78, 5) is 0. The van der Waals surface area contributed by atoms with E-state index in [9.17, 15) is 0 Å². The standard InChI is InChI=1S/C15H30O2Si/c1-14(10-8-7-9-12-16)11-13-17-18(5,6)15(2,3)4/h8,10,16H,1,7,9,11-13H2,2-6H3/b10-8-. The Bertz CT molecular complexity index is 275. The van der Waals surface area contributed by atoms with E-state index in [-0.39, 0.29) is 11.6 Å². The molecule has 0 aromatic heterocycles. The van der Waals surface area contributed by atoms with Crippen LogP contribution in [0, 0.1) is 0 Å². The van der Waals surface area contributed by atoms with Gasteiger partial charge in [0.25, 0.3) is 0 Å². The predicted molar refractivity (Wildman–Crippen MR) is 82.4 cm³/mol. The molecule has 0 aliphatic heterocycles. The lowest BCUT2D eigenvalue weighted by atomic mass is 10.2. The molecule has 0 aliphatic carbocycles. The van der Waals surface area contributed by atoms with Crippen LogP contribution >= 0.6 is 0 Å². The third-order valence-corrected chi connectivity index (χ3v) is 8.11. The highest BCUT2D eigenvalue weighted by Crippen LogP contribution is 2.36. The first kappa shape index (κ1) is 17.6. The quantitative estimate of drug-likeness (QED) is 0.405. The number of allylic oxidation sites excluding steroid dienone is 2. The number of unbranched alkanes of at least 4 members (excludes halogenated alkanes) is 1. The first-order valence-electron chi connectivity index (χ1n) is 6.80. The Labute approximate surface area is 114 Å². The van der Waals surface area contributed by atoms with E-state index < -0.39 is 8.32 Å². The minimum atomic E-state index is -1.61. The summed E-state index contributed by atoms with van der Waals surface area (Å²) in [5, 5.41) is 8.94. The molecule has 0 saturated heterocycles. The molecule has 0 unspecified atom stereocenters. The molecule has 3 heteroatoms. The molecule has 0 spiro atoms. The molecule has 18 heavy (non-hydrogen) atoms. The zero-order chi connectivity index (χ0) is 14.2. The van der Waals surface area contributed by atoms with Gasteiger partial charge in [0.1, 0.15) is 0 Å². The smallest absolute Gasteiger partial charge is 0.191 e. The van der Waals surface area contributed by atoms with Gasteiger partial charge in [-0.05, 0) is 37.4 Å². The van der Waals surface area contributed by atoms with Gasteiger partial charge in [0.05, 0.1) is 0 Å². The lowest BCUT2D eigenvalue weighted by molar-refractivity contribution is 0.289. The number of aliphatic hydroxyl groups is 1. The van der Waals surface area contributed by atoms with Crippen molar-refractivity contribution in [2.45, 2.75) is 58.2 Å². The Morgan fingerprint density at radius 1 is 1.33 bits per heavy atom. The molecule has 0 aromatic rings. The molecule has 0 fully saturated rings. The molecule has 0 amide bonds. The Morgan fingerprint density at radius 2 is 1.94 bits per heavy atom. The molecule has 0 aromatic carbocycles.